The third-order valence-electron chi connectivity index (χ3n) is 2.97. The summed E-state index contributed by atoms with van der Waals surface area (Å²) in [7, 11) is -3.08. The summed E-state index contributed by atoms with van der Waals surface area (Å²) in [4.78, 5) is 4.43. The number of sulfone groups is 1. The third kappa shape index (κ3) is 3.50. The molecule has 0 aliphatic rings. The zero-order valence-corrected chi connectivity index (χ0v) is 12.3. The number of nitrogens with zero attached hydrogens (tertiary/aromatic N) is 1. The molecule has 2 N–H and O–H groups in total. The standard InChI is InChI=1S/C11H20N2O2S2/c1-7(2)9(5-12)10-6-16-11(13-10)8(3)17(4,14)15/h6-9H,5,12H2,1-4H3. The van der Waals surface area contributed by atoms with Gasteiger partial charge in [0.25, 0.3) is 0 Å². The lowest BCUT2D eigenvalue weighted by Crippen LogP contribution is -2.18. The first kappa shape index (κ1) is 14.6. The summed E-state index contributed by atoms with van der Waals surface area (Å²) in [6.07, 6.45) is 1.24. The molecule has 0 bridgehead atoms. The number of hydrogen-bond acceptors (Lipinski definition) is 5. The van der Waals surface area contributed by atoms with E-state index in [1.54, 1.807) is 6.92 Å². The Morgan fingerprint density at radius 3 is 2.41 bits per heavy atom. The van der Waals surface area contributed by atoms with Crippen LogP contribution in [0.25, 0.3) is 0 Å². The van der Waals surface area contributed by atoms with Gasteiger partial charge in [-0.1, -0.05) is 13.8 Å². The second kappa shape index (κ2) is 5.46. The highest BCUT2D eigenvalue weighted by Crippen LogP contribution is 2.29. The smallest absolute Gasteiger partial charge is 0.156 e. The van der Waals surface area contributed by atoms with Crippen LogP contribution >= 0.6 is 11.3 Å². The van der Waals surface area contributed by atoms with Gasteiger partial charge in [0.15, 0.2) is 9.84 Å². The molecule has 0 aromatic carbocycles. The molecule has 98 valence electrons. The van der Waals surface area contributed by atoms with Crippen LogP contribution in [0, 0.1) is 5.92 Å². The van der Waals surface area contributed by atoms with Crippen LogP contribution in [0.4, 0.5) is 0 Å². The summed E-state index contributed by atoms with van der Waals surface area (Å²) < 4.78 is 22.9. The molecule has 0 fully saturated rings. The van der Waals surface area contributed by atoms with Crippen molar-refractivity contribution in [3.05, 3.63) is 16.1 Å². The first-order valence-corrected chi connectivity index (χ1v) is 8.45. The van der Waals surface area contributed by atoms with Crippen molar-refractivity contribution < 1.29 is 8.42 Å². The van der Waals surface area contributed by atoms with Crippen LogP contribution in [0.2, 0.25) is 0 Å². The summed E-state index contributed by atoms with van der Waals surface area (Å²) >= 11 is 1.40. The van der Waals surface area contributed by atoms with Crippen molar-refractivity contribution in [2.45, 2.75) is 31.9 Å². The van der Waals surface area contributed by atoms with E-state index in [1.807, 2.05) is 5.38 Å². The lowest BCUT2D eigenvalue weighted by atomic mass is 9.93. The fourth-order valence-corrected chi connectivity index (χ4v) is 3.50. The topological polar surface area (TPSA) is 73.1 Å². The van der Waals surface area contributed by atoms with Gasteiger partial charge in [-0.15, -0.1) is 11.3 Å². The zero-order chi connectivity index (χ0) is 13.2. The largest absolute Gasteiger partial charge is 0.330 e. The van der Waals surface area contributed by atoms with Gasteiger partial charge in [-0.25, -0.2) is 13.4 Å². The monoisotopic (exact) mass is 276 g/mol. The fourth-order valence-electron chi connectivity index (χ4n) is 1.58. The van der Waals surface area contributed by atoms with Crippen molar-refractivity contribution in [1.29, 1.82) is 0 Å². The van der Waals surface area contributed by atoms with E-state index >= 15 is 0 Å². The van der Waals surface area contributed by atoms with Crippen molar-refractivity contribution in [3.8, 4) is 0 Å². The van der Waals surface area contributed by atoms with E-state index in [1.165, 1.54) is 17.6 Å². The molecule has 0 spiro atoms. The molecule has 0 saturated carbocycles. The molecule has 2 atom stereocenters. The summed E-state index contributed by atoms with van der Waals surface area (Å²) in [5.41, 5.74) is 6.64. The Labute approximate surface area is 107 Å². The first-order valence-electron chi connectivity index (χ1n) is 5.61. The molecule has 0 radical (unpaired) electrons. The molecule has 2 unspecified atom stereocenters. The third-order valence-corrected chi connectivity index (χ3v) is 5.67. The molecule has 0 aliphatic carbocycles. The van der Waals surface area contributed by atoms with Crippen molar-refractivity contribution >= 4 is 21.2 Å². The van der Waals surface area contributed by atoms with Gasteiger partial charge in [0, 0.05) is 24.1 Å². The molecular formula is C11H20N2O2S2. The van der Waals surface area contributed by atoms with Gasteiger partial charge in [0.1, 0.15) is 10.3 Å². The summed E-state index contributed by atoms with van der Waals surface area (Å²) in [5.74, 6) is 0.607. The van der Waals surface area contributed by atoms with E-state index < -0.39 is 15.1 Å². The molecule has 4 nitrogen and oxygen atoms in total. The minimum Gasteiger partial charge on any atom is -0.330 e. The number of rotatable bonds is 5. The van der Waals surface area contributed by atoms with Gasteiger partial charge in [-0.2, -0.15) is 0 Å². The number of hydrogen-bond donors (Lipinski definition) is 1. The van der Waals surface area contributed by atoms with E-state index in [0.717, 1.165) is 5.69 Å². The maximum Gasteiger partial charge on any atom is 0.156 e. The van der Waals surface area contributed by atoms with Gasteiger partial charge >= 0.3 is 0 Å². The predicted octanol–water partition coefficient (Wildman–Crippen LogP) is 1.95. The average Bonchev–Trinajstić information content (AvgIpc) is 2.64. The lowest BCUT2D eigenvalue weighted by molar-refractivity contribution is 0.496. The molecule has 1 rings (SSSR count). The second-order valence-electron chi connectivity index (χ2n) is 4.67. The summed E-state index contributed by atoms with van der Waals surface area (Å²) in [6, 6.07) is 0. The Kier molecular flexibility index (Phi) is 4.69. The highest BCUT2D eigenvalue weighted by molar-refractivity contribution is 7.91. The van der Waals surface area contributed by atoms with E-state index in [0.29, 0.717) is 17.5 Å². The Hall–Kier alpha value is -0.460. The van der Waals surface area contributed by atoms with Crippen LogP contribution in [0.5, 0.6) is 0 Å². The normalized spacial score (nSPS) is 16.1. The molecular weight excluding hydrogens is 256 g/mol. The minimum absolute atomic E-state index is 0.201. The van der Waals surface area contributed by atoms with Gasteiger partial charge in [-0.3, -0.25) is 0 Å². The van der Waals surface area contributed by atoms with Crippen LogP contribution < -0.4 is 5.73 Å². The quantitative estimate of drug-likeness (QED) is 0.892. The Balaban J connectivity index is 2.99. The maximum absolute atomic E-state index is 11.5. The Morgan fingerprint density at radius 1 is 1.41 bits per heavy atom. The molecule has 0 aliphatic heterocycles. The maximum atomic E-state index is 11.5. The highest BCUT2D eigenvalue weighted by Gasteiger charge is 2.23. The van der Waals surface area contributed by atoms with Crippen molar-refractivity contribution in [2.75, 3.05) is 12.8 Å². The Morgan fingerprint density at radius 2 is 2.00 bits per heavy atom. The van der Waals surface area contributed by atoms with Crippen LogP contribution in [0.15, 0.2) is 5.38 Å². The first-order chi connectivity index (χ1) is 7.77. The van der Waals surface area contributed by atoms with Crippen LogP contribution in [-0.2, 0) is 9.84 Å². The van der Waals surface area contributed by atoms with Gasteiger partial charge in [-0.05, 0) is 12.8 Å². The predicted molar refractivity (Wildman–Crippen MR) is 72.0 cm³/mol. The van der Waals surface area contributed by atoms with Crippen LogP contribution in [-0.4, -0.2) is 26.2 Å². The molecule has 0 amide bonds. The van der Waals surface area contributed by atoms with E-state index in [2.05, 4.69) is 18.8 Å². The SMILES string of the molecule is CC(C)C(CN)c1csc(C(C)S(C)(=O)=O)n1. The van der Waals surface area contributed by atoms with Gasteiger partial charge < -0.3 is 5.73 Å². The zero-order valence-electron chi connectivity index (χ0n) is 10.7. The molecule has 1 aromatic heterocycles. The van der Waals surface area contributed by atoms with E-state index in [4.69, 9.17) is 5.73 Å². The minimum atomic E-state index is -3.08. The number of nitrogens with two attached hydrogens (primary N) is 1. The number of thiazole rings is 1. The van der Waals surface area contributed by atoms with Gasteiger partial charge in [0.05, 0.1) is 5.69 Å². The number of aromatic nitrogens is 1. The van der Waals surface area contributed by atoms with Crippen molar-refractivity contribution in [2.24, 2.45) is 11.7 Å². The van der Waals surface area contributed by atoms with Crippen LogP contribution in [0.1, 0.15) is 42.6 Å². The Bertz CT molecular complexity index is 466. The summed E-state index contributed by atoms with van der Waals surface area (Å²) in [5, 5.41) is 2.04. The fraction of sp³-hybridized carbons (Fsp3) is 0.727. The second-order valence-corrected chi connectivity index (χ2v) is 7.92. The summed E-state index contributed by atoms with van der Waals surface area (Å²) in [6.45, 7) is 6.39. The molecule has 0 saturated heterocycles. The average molecular weight is 276 g/mol. The van der Waals surface area contributed by atoms with Crippen molar-refractivity contribution in [3.63, 3.8) is 0 Å². The van der Waals surface area contributed by atoms with E-state index in [-0.39, 0.29) is 5.92 Å². The van der Waals surface area contributed by atoms with Crippen LogP contribution in [0.3, 0.4) is 0 Å². The molecule has 1 aromatic rings. The van der Waals surface area contributed by atoms with Crippen molar-refractivity contribution in [1.82, 2.24) is 4.98 Å². The highest BCUT2D eigenvalue weighted by atomic mass is 32.2. The molecule has 17 heavy (non-hydrogen) atoms. The van der Waals surface area contributed by atoms with E-state index in [9.17, 15) is 8.42 Å². The molecule has 6 heteroatoms. The molecule has 1 heterocycles. The van der Waals surface area contributed by atoms with Gasteiger partial charge in [0.2, 0.25) is 0 Å². The lowest BCUT2D eigenvalue weighted by Gasteiger charge is -2.16.